The van der Waals surface area contributed by atoms with Gasteiger partial charge in [0.05, 0.1) is 18.1 Å². The summed E-state index contributed by atoms with van der Waals surface area (Å²) < 4.78 is 57.9. The Morgan fingerprint density at radius 2 is 2.06 bits per heavy atom. The second-order valence-electron chi connectivity index (χ2n) is 4.33. The molecular weight excluding hydrogens is 257 g/mol. The summed E-state index contributed by atoms with van der Waals surface area (Å²) in [5, 5.41) is 2.28. The Morgan fingerprint density at radius 3 is 2.53 bits per heavy atom. The summed E-state index contributed by atoms with van der Waals surface area (Å²) in [6.07, 6.45) is -3.63. The average Bonchev–Trinajstić information content (AvgIpc) is 2.52. The Balaban J connectivity index is 2.20. The van der Waals surface area contributed by atoms with E-state index in [0.717, 1.165) is 0 Å². The first-order valence-electron chi connectivity index (χ1n) is 5.38. The molecule has 1 unspecified atom stereocenters. The predicted molar refractivity (Wildman–Crippen MR) is 58.6 cm³/mol. The lowest BCUT2D eigenvalue weighted by Gasteiger charge is -2.23. The van der Waals surface area contributed by atoms with Gasteiger partial charge in [0, 0.05) is 19.1 Å². The lowest BCUT2D eigenvalue weighted by atomic mass is 10.2. The molecule has 1 atom stereocenters. The van der Waals surface area contributed by atoms with Gasteiger partial charge >= 0.3 is 6.18 Å². The van der Waals surface area contributed by atoms with E-state index in [-0.39, 0.29) is 24.1 Å². The predicted octanol–water partition coefficient (Wildman–Crippen LogP) is 0.257. The maximum absolute atomic E-state index is 11.8. The summed E-state index contributed by atoms with van der Waals surface area (Å²) in [7, 11) is -1.20. The first-order valence-corrected chi connectivity index (χ1v) is 7.20. The largest absolute Gasteiger partial charge is 0.401 e. The summed E-state index contributed by atoms with van der Waals surface area (Å²) in [5.41, 5.74) is 0. The quantitative estimate of drug-likeness (QED) is 0.731. The normalized spacial score (nSPS) is 24.4. The van der Waals surface area contributed by atoms with Gasteiger partial charge in [0.2, 0.25) is 0 Å². The molecule has 0 saturated carbocycles. The fourth-order valence-electron chi connectivity index (χ4n) is 1.79. The third-order valence-corrected chi connectivity index (χ3v) is 4.55. The summed E-state index contributed by atoms with van der Waals surface area (Å²) in [4.78, 5) is 1.80. The molecule has 0 bridgehead atoms. The Bertz CT molecular complexity index is 343. The molecule has 0 spiro atoms. The second kappa shape index (κ2) is 5.53. The van der Waals surface area contributed by atoms with Crippen molar-refractivity contribution >= 4 is 9.84 Å². The average molecular weight is 274 g/mol. The van der Waals surface area contributed by atoms with E-state index in [9.17, 15) is 21.6 Å². The smallest absolute Gasteiger partial charge is 0.307 e. The molecule has 1 aliphatic heterocycles. The van der Waals surface area contributed by atoms with Crippen LogP contribution >= 0.6 is 0 Å². The minimum atomic E-state index is -4.20. The lowest BCUT2D eigenvalue weighted by Crippen LogP contribution is -2.39. The zero-order valence-electron chi connectivity index (χ0n) is 9.63. The van der Waals surface area contributed by atoms with Crippen LogP contribution in [0, 0.1) is 0 Å². The van der Waals surface area contributed by atoms with Crippen molar-refractivity contribution in [3.8, 4) is 0 Å². The highest BCUT2D eigenvalue weighted by atomic mass is 32.2. The number of nitrogens with one attached hydrogen (secondary N) is 1. The first kappa shape index (κ1) is 14.7. The monoisotopic (exact) mass is 274 g/mol. The number of alkyl halides is 3. The van der Waals surface area contributed by atoms with E-state index in [4.69, 9.17) is 0 Å². The van der Waals surface area contributed by atoms with Gasteiger partial charge in [-0.2, -0.15) is 13.2 Å². The van der Waals surface area contributed by atoms with Crippen molar-refractivity contribution in [2.24, 2.45) is 0 Å². The Kier molecular flexibility index (Phi) is 4.79. The zero-order chi connectivity index (χ0) is 13.1. The molecule has 0 aromatic rings. The number of sulfone groups is 1. The van der Waals surface area contributed by atoms with Gasteiger partial charge in [-0.05, 0) is 13.5 Å². The molecule has 1 rings (SSSR count). The van der Waals surface area contributed by atoms with Crippen LogP contribution < -0.4 is 5.32 Å². The van der Waals surface area contributed by atoms with Crippen molar-refractivity contribution in [2.45, 2.75) is 18.6 Å². The van der Waals surface area contributed by atoms with E-state index in [2.05, 4.69) is 5.32 Å². The number of hydrogen-bond donors (Lipinski definition) is 1. The summed E-state index contributed by atoms with van der Waals surface area (Å²) >= 11 is 0. The molecule has 17 heavy (non-hydrogen) atoms. The topological polar surface area (TPSA) is 49.4 Å². The molecule has 0 aromatic carbocycles. The number of nitrogens with zero attached hydrogens (tertiary/aromatic N) is 1. The van der Waals surface area contributed by atoms with Crippen LogP contribution in [0.15, 0.2) is 0 Å². The Morgan fingerprint density at radius 1 is 1.41 bits per heavy atom. The number of rotatable bonds is 5. The van der Waals surface area contributed by atoms with Crippen LogP contribution in [0.3, 0.4) is 0 Å². The van der Waals surface area contributed by atoms with Crippen LogP contribution in [0.1, 0.15) is 6.42 Å². The molecule has 1 heterocycles. The van der Waals surface area contributed by atoms with E-state index in [1.54, 1.807) is 11.9 Å². The fraction of sp³-hybridized carbons (Fsp3) is 1.00. The first-order chi connectivity index (χ1) is 7.70. The Hall–Kier alpha value is -0.340. The van der Waals surface area contributed by atoms with Crippen molar-refractivity contribution in [3.63, 3.8) is 0 Å². The van der Waals surface area contributed by atoms with Gasteiger partial charge in [-0.25, -0.2) is 8.42 Å². The van der Waals surface area contributed by atoms with Crippen LogP contribution in [-0.4, -0.2) is 63.7 Å². The molecule has 0 aliphatic carbocycles. The summed E-state index contributed by atoms with van der Waals surface area (Å²) in [5.74, 6) is 0.292. The van der Waals surface area contributed by atoms with Crippen molar-refractivity contribution in [3.05, 3.63) is 0 Å². The number of hydrogen-bond acceptors (Lipinski definition) is 4. The van der Waals surface area contributed by atoms with Gasteiger partial charge in [0.15, 0.2) is 9.84 Å². The maximum atomic E-state index is 11.8. The molecule has 0 aromatic heterocycles. The third kappa shape index (κ3) is 5.69. The second-order valence-corrected chi connectivity index (χ2v) is 6.56. The lowest BCUT2D eigenvalue weighted by molar-refractivity contribution is -0.124. The van der Waals surface area contributed by atoms with Crippen molar-refractivity contribution in [1.29, 1.82) is 0 Å². The van der Waals surface area contributed by atoms with E-state index >= 15 is 0 Å². The molecule has 8 heteroatoms. The molecule has 1 N–H and O–H groups in total. The van der Waals surface area contributed by atoms with Crippen LogP contribution in [0.4, 0.5) is 13.2 Å². The molecule has 1 fully saturated rings. The molecule has 1 aliphatic rings. The van der Waals surface area contributed by atoms with E-state index in [1.807, 2.05) is 0 Å². The van der Waals surface area contributed by atoms with E-state index in [1.165, 1.54) is 0 Å². The summed E-state index contributed by atoms with van der Waals surface area (Å²) in [6.45, 7) is -0.396. The summed E-state index contributed by atoms with van der Waals surface area (Å²) in [6, 6.07) is -0.0623. The van der Waals surface area contributed by atoms with Crippen LogP contribution in [0.5, 0.6) is 0 Å². The number of likely N-dealkylation sites (N-methyl/N-ethyl adjacent to an activating group) is 1. The maximum Gasteiger partial charge on any atom is 0.401 e. The van der Waals surface area contributed by atoms with Gasteiger partial charge in [-0.15, -0.1) is 0 Å². The van der Waals surface area contributed by atoms with Gasteiger partial charge in [-0.1, -0.05) is 0 Å². The van der Waals surface area contributed by atoms with Crippen molar-refractivity contribution < 1.29 is 21.6 Å². The van der Waals surface area contributed by atoms with Gasteiger partial charge in [-0.3, -0.25) is 0 Å². The minimum Gasteiger partial charge on any atom is -0.307 e. The van der Waals surface area contributed by atoms with Crippen LogP contribution in [0.2, 0.25) is 0 Å². The highest BCUT2D eigenvalue weighted by Crippen LogP contribution is 2.16. The third-order valence-electron chi connectivity index (χ3n) is 2.80. The number of halogens is 3. The SMILES string of the molecule is CN(CCNCC(F)(F)F)C1CCS(=O)(=O)C1. The molecule has 0 amide bonds. The molecule has 102 valence electrons. The minimum absolute atomic E-state index is 0.0623. The van der Waals surface area contributed by atoms with E-state index in [0.29, 0.717) is 13.0 Å². The Labute approximate surface area is 99.1 Å². The van der Waals surface area contributed by atoms with Crippen molar-refractivity contribution in [2.75, 3.05) is 38.2 Å². The van der Waals surface area contributed by atoms with Crippen LogP contribution in [-0.2, 0) is 9.84 Å². The molecular formula is C9H17F3N2O2S. The molecule has 1 saturated heterocycles. The zero-order valence-corrected chi connectivity index (χ0v) is 10.4. The van der Waals surface area contributed by atoms with Gasteiger partial charge in [0.25, 0.3) is 0 Å². The molecule has 4 nitrogen and oxygen atoms in total. The fourth-order valence-corrected chi connectivity index (χ4v) is 3.60. The van der Waals surface area contributed by atoms with Crippen molar-refractivity contribution in [1.82, 2.24) is 10.2 Å². The standard InChI is InChI=1S/C9H17F3N2O2S/c1-14(4-3-13-7-9(10,11)12)8-2-5-17(15,16)6-8/h8,13H,2-7H2,1H3. The highest BCUT2D eigenvalue weighted by Gasteiger charge is 2.30. The van der Waals surface area contributed by atoms with Gasteiger partial charge < -0.3 is 10.2 Å². The van der Waals surface area contributed by atoms with E-state index < -0.39 is 22.6 Å². The van der Waals surface area contributed by atoms with Gasteiger partial charge in [0.1, 0.15) is 0 Å². The van der Waals surface area contributed by atoms with Crippen LogP contribution in [0.25, 0.3) is 0 Å². The molecule has 0 radical (unpaired) electrons. The highest BCUT2D eigenvalue weighted by molar-refractivity contribution is 7.91.